The van der Waals surface area contributed by atoms with Gasteiger partial charge in [-0.15, -0.1) is 0 Å². The van der Waals surface area contributed by atoms with Crippen molar-refractivity contribution in [1.29, 1.82) is 0 Å². The minimum absolute atomic E-state index is 0.0672. The van der Waals surface area contributed by atoms with Gasteiger partial charge in [0.2, 0.25) is 0 Å². The molecule has 1 heterocycles. The number of nitro groups is 1. The predicted molar refractivity (Wildman–Crippen MR) is 75.4 cm³/mol. The van der Waals surface area contributed by atoms with Crippen LogP contribution < -0.4 is 14.8 Å². The highest BCUT2D eigenvalue weighted by molar-refractivity contribution is 5.50. The van der Waals surface area contributed by atoms with Gasteiger partial charge in [0.05, 0.1) is 24.7 Å². The number of hydrogen-bond donors (Lipinski definition) is 1. The first-order valence-corrected chi connectivity index (χ1v) is 6.89. The average molecular weight is 280 g/mol. The van der Waals surface area contributed by atoms with Gasteiger partial charge >= 0.3 is 5.69 Å². The monoisotopic (exact) mass is 280 g/mol. The lowest BCUT2D eigenvalue weighted by Gasteiger charge is -2.11. The summed E-state index contributed by atoms with van der Waals surface area (Å²) < 4.78 is 10.5. The van der Waals surface area contributed by atoms with Gasteiger partial charge in [-0.2, -0.15) is 0 Å². The molecule has 0 spiro atoms. The third-order valence-electron chi connectivity index (χ3n) is 3.48. The first-order valence-electron chi connectivity index (χ1n) is 6.89. The fourth-order valence-electron chi connectivity index (χ4n) is 2.43. The van der Waals surface area contributed by atoms with E-state index in [0.717, 1.165) is 19.4 Å². The predicted octanol–water partition coefficient (Wildman–Crippen LogP) is 2.51. The summed E-state index contributed by atoms with van der Waals surface area (Å²) in [6.07, 6.45) is 4.50. The van der Waals surface area contributed by atoms with E-state index in [4.69, 9.17) is 9.47 Å². The number of nitrogens with one attached hydrogen (secondary N) is 1. The zero-order valence-corrected chi connectivity index (χ0v) is 11.6. The number of nitro benzene ring substituents is 1. The lowest BCUT2D eigenvalue weighted by molar-refractivity contribution is -0.385. The summed E-state index contributed by atoms with van der Waals surface area (Å²) in [6.45, 7) is 1.68. The largest absolute Gasteiger partial charge is 0.493 e. The third kappa shape index (κ3) is 3.84. The Hall–Kier alpha value is -1.82. The normalized spacial score (nSPS) is 17.9. The van der Waals surface area contributed by atoms with Crippen LogP contribution in [0.15, 0.2) is 18.2 Å². The second-order valence-electron chi connectivity index (χ2n) is 4.87. The highest BCUT2D eigenvalue weighted by atomic mass is 16.6. The summed E-state index contributed by atoms with van der Waals surface area (Å²) in [4.78, 5) is 10.4. The molecule has 1 saturated heterocycles. The molecule has 0 aliphatic carbocycles. The van der Waals surface area contributed by atoms with Crippen LogP contribution in [-0.4, -0.2) is 31.2 Å². The number of methoxy groups -OCH3 is 1. The lowest BCUT2D eigenvalue weighted by Crippen LogP contribution is -2.21. The number of rotatable bonds is 7. The Morgan fingerprint density at radius 1 is 1.50 bits per heavy atom. The fraction of sp³-hybridized carbons (Fsp3) is 0.571. The highest BCUT2D eigenvalue weighted by Gasteiger charge is 2.16. The molecule has 0 bridgehead atoms. The molecule has 1 unspecified atom stereocenters. The molecule has 0 amide bonds. The van der Waals surface area contributed by atoms with E-state index in [2.05, 4.69) is 5.32 Å². The van der Waals surface area contributed by atoms with Crippen LogP contribution >= 0.6 is 0 Å². The molecule has 1 aliphatic heterocycles. The first kappa shape index (κ1) is 14.6. The number of hydrogen-bond acceptors (Lipinski definition) is 5. The summed E-state index contributed by atoms with van der Waals surface area (Å²) in [7, 11) is 1.41. The maximum atomic E-state index is 10.9. The minimum atomic E-state index is -0.464. The molecule has 1 aromatic rings. The fourth-order valence-corrected chi connectivity index (χ4v) is 2.43. The number of nitrogens with zero attached hydrogens (tertiary/aromatic N) is 1. The molecule has 2 rings (SSSR count). The summed E-state index contributed by atoms with van der Waals surface area (Å²) in [5.41, 5.74) is -0.0672. The van der Waals surface area contributed by atoms with Crippen molar-refractivity contribution in [2.75, 3.05) is 20.3 Å². The number of benzene rings is 1. The van der Waals surface area contributed by atoms with Gasteiger partial charge in [0.15, 0.2) is 5.75 Å². The van der Waals surface area contributed by atoms with Crippen LogP contribution in [-0.2, 0) is 0 Å². The maximum Gasteiger partial charge on any atom is 0.314 e. The van der Waals surface area contributed by atoms with E-state index in [-0.39, 0.29) is 11.4 Å². The Kier molecular flexibility index (Phi) is 5.17. The second kappa shape index (κ2) is 7.09. The topological polar surface area (TPSA) is 73.6 Å². The van der Waals surface area contributed by atoms with Gasteiger partial charge in [-0.25, -0.2) is 0 Å². The van der Waals surface area contributed by atoms with E-state index in [1.807, 2.05) is 0 Å². The average Bonchev–Trinajstić information content (AvgIpc) is 2.96. The number of ether oxygens (including phenoxy) is 2. The molecule has 1 aromatic carbocycles. The molecule has 6 heteroatoms. The molecular formula is C14H20N2O4. The van der Waals surface area contributed by atoms with Crippen LogP contribution in [0.2, 0.25) is 0 Å². The molecule has 0 saturated carbocycles. The zero-order chi connectivity index (χ0) is 14.4. The summed E-state index contributed by atoms with van der Waals surface area (Å²) >= 11 is 0. The van der Waals surface area contributed by atoms with Gasteiger partial charge in [-0.3, -0.25) is 10.1 Å². The molecule has 110 valence electrons. The molecule has 1 fully saturated rings. The van der Waals surface area contributed by atoms with Gasteiger partial charge in [0.1, 0.15) is 5.75 Å². The van der Waals surface area contributed by atoms with Crippen LogP contribution in [0.25, 0.3) is 0 Å². The van der Waals surface area contributed by atoms with Crippen molar-refractivity contribution in [2.45, 2.75) is 31.7 Å². The lowest BCUT2D eigenvalue weighted by atomic mass is 10.1. The Labute approximate surface area is 118 Å². The molecule has 20 heavy (non-hydrogen) atoms. The van der Waals surface area contributed by atoms with Crippen molar-refractivity contribution in [3.63, 3.8) is 0 Å². The summed E-state index contributed by atoms with van der Waals surface area (Å²) in [5, 5.41) is 14.3. The van der Waals surface area contributed by atoms with Crippen LogP contribution in [0.3, 0.4) is 0 Å². The van der Waals surface area contributed by atoms with Crippen molar-refractivity contribution in [1.82, 2.24) is 5.32 Å². The van der Waals surface area contributed by atoms with Crippen molar-refractivity contribution in [3.05, 3.63) is 28.3 Å². The third-order valence-corrected chi connectivity index (χ3v) is 3.48. The van der Waals surface area contributed by atoms with E-state index in [1.165, 1.54) is 26.0 Å². The van der Waals surface area contributed by atoms with Crippen molar-refractivity contribution >= 4 is 5.69 Å². The van der Waals surface area contributed by atoms with Crippen LogP contribution in [0, 0.1) is 10.1 Å². The Morgan fingerprint density at radius 2 is 2.35 bits per heavy atom. The standard InChI is InChI=1S/C14H20N2O4/c1-19-14-7-6-12(10-13(14)16(17)18)20-9-3-5-11-4-2-8-15-11/h6-7,10-11,15H,2-5,8-9H2,1H3. The van der Waals surface area contributed by atoms with Crippen molar-refractivity contribution < 1.29 is 14.4 Å². The Bertz CT molecular complexity index is 458. The molecule has 0 radical (unpaired) electrons. The Morgan fingerprint density at radius 3 is 3.00 bits per heavy atom. The van der Waals surface area contributed by atoms with E-state index in [0.29, 0.717) is 18.4 Å². The smallest absolute Gasteiger partial charge is 0.314 e. The molecule has 0 aromatic heterocycles. The van der Waals surface area contributed by atoms with Crippen molar-refractivity contribution in [2.24, 2.45) is 0 Å². The van der Waals surface area contributed by atoms with Crippen LogP contribution in [0.5, 0.6) is 11.5 Å². The van der Waals surface area contributed by atoms with Gasteiger partial charge < -0.3 is 14.8 Å². The minimum Gasteiger partial charge on any atom is -0.493 e. The molecule has 1 atom stereocenters. The summed E-state index contributed by atoms with van der Waals surface area (Å²) in [5.74, 6) is 0.759. The van der Waals surface area contributed by atoms with Gasteiger partial charge in [-0.05, 0) is 44.4 Å². The van der Waals surface area contributed by atoms with E-state index >= 15 is 0 Å². The van der Waals surface area contributed by atoms with Gasteiger partial charge in [0, 0.05) is 6.04 Å². The molecule has 1 N–H and O–H groups in total. The van der Waals surface area contributed by atoms with Gasteiger partial charge in [0.25, 0.3) is 0 Å². The van der Waals surface area contributed by atoms with E-state index in [9.17, 15) is 10.1 Å². The van der Waals surface area contributed by atoms with E-state index < -0.39 is 4.92 Å². The molecular weight excluding hydrogens is 260 g/mol. The SMILES string of the molecule is COc1ccc(OCCCC2CCCN2)cc1[N+](=O)[O-]. The maximum absolute atomic E-state index is 10.9. The van der Waals surface area contributed by atoms with Gasteiger partial charge in [-0.1, -0.05) is 0 Å². The summed E-state index contributed by atoms with van der Waals surface area (Å²) in [6, 6.07) is 5.27. The molecule has 1 aliphatic rings. The van der Waals surface area contributed by atoms with Crippen LogP contribution in [0.1, 0.15) is 25.7 Å². The second-order valence-corrected chi connectivity index (χ2v) is 4.87. The molecule has 6 nitrogen and oxygen atoms in total. The van der Waals surface area contributed by atoms with E-state index in [1.54, 1.807) is 12.1 Å². The van der Waals surface area contributed by atoms with Crippen LogP contribution in [0.4, 0.5) is 5.69 Å². The van der Waals surface area contributed by atoms with Crippen molar-refractivity contribution in [3.8, 4) is 11.5 Å². The quantitative estimate of drug-likeness (QED) is 0.472. The first-order chi connectivity index (χ1) is 9.70. The highest BCUT2D eigenvalue weighted by Crippen LogP contribution is 2.30. The Balaban J connectivity index is 1.83. The zero-order valence-electron chi connectivity index (χ0n) is 11.6.